The van der Waals surface area contributed by atoms with Gasteiger partial charge in [-0.2, -0.15) is 23.3 Å². The standard InChI is InChI=1S/C20H19F3N4O2/c1-11-9-27-17(14-5-6-28-10-16(11)14)15(8-24-27)19-25-18(26-29-19)12-3-2-4-13(7-12)20(21,22)23/h2-4,7-8,11,14,16H,5-6,9-10H2,1H3. The van der Waals surface area contributed by atoms with E-state index in [1.54, 1.807) is 6.20 Å². The van der Waals surface area contributed by atoms with Crippen molar-refractivity contribution in [3.8, 4) is 22.8 Å². The number of rotatable bonds is 2. The summed E-state index contributed by atoms with van der Waals surface area (Å²) in [6, 6.07) is 4.92. The number of halogens is 3. The molecule has 5 rings (SSSR count). The van der Waals surface area contributed by atoms with Crippen LogP contribution in [0.1, 0.15) is 30.5 Å². The summed E-state index contributed by atoms with van der Waals surface area (Å²) in [7, 11) is 0. The van der Waals surface area contributed by atoms with E-state index in [0.717, 1.165) is 43.0 Å². The highest BCUT2D eigenvalue weighted by Gasteiger charge is 2.40. The van der Waals surface area contributed by atoms with Crippen LogP contribution in [0.25, 0.3) is 22.8 Å². The molecule has 2 aliphatic rings. The Morgan fingerprint density at radius 3 is 2.93 bits per heavy atom. The van der Waals surface area contributed by atoms with Gasteiger partial charge in [-0.05, 0) is 30.4 Å². The molecule has 152 valence electrons. The van der Waals surface area contributed by atoms with Crippen LogP contribution in [0.5, 0.6) is 0 Å². The lowest BCUT2D eigenvalue weighted by Gasteiger charge is -2.40. The SMILES string of the molecule is CC1Cn2ncc(-c3nc(-c4cccc(C(F)(F)F)c4)no3)c2C2CCOCC12. The van der Waals surface area contributed by atoms with Crippen LogP contribution in [0.15, 0.2) is 35.0 Å². The number of fused-ring (bicyclic) bond motifs is 3. The van der Waals surface area contributed by atoms with Crippen molar-refractivity contribution in [3.63, 3.8) is 0 Å². The summed E-state index contributed by atoms with van der Waals surface area (Å²) < 4.78 is 52.1. The largest absolute Gasteiger partial charge is 0.416 e. The minimum absolute atomic E-state index is 0.124. The third-order valence-corrected chi connectivity index (χ3v) is 5.93. The van der Waals surface area contributed by atoms with Gasteiger partial charge in [-0.15, -0.1) is 0 Å². The normalized spacial score (nSPS) is 24.2. The van der Waals surface area contributed by atoms with Crippen molar-refractivity contribution in [1.29, 1.82) is 0 Å². The maximum Gasteiger partial charge on any atom is 0.416 e. The zero-order valence-electron chi connectivity index (χ0n) is 15.7. The van der Waals surface area contributed by atoms with E-state index in [9.17, 15) is 13.2 Å². The smallest absolute Gasteiger partial charge is 0.381 e. The van der Waals surface area contributed by atoms with E-state index in [4.69, 9.17) is 9.26 Å². The summed E-state index contributed by atoms with van der Waals surface area (Å²) in [5.74, 6) is 1.53. The zero-order chi connectivity index (χ0) is 20.2. The van der Waals surface area contributed by atoms with Crippen molar-refractivity contribution >= 4 is 0 Å². The molecule has 9 heteroatoms. The Hall–Kier alpha value is -2.68. The molecule has 0 N–H and O–H groups in total. The fraction of sp³-hybridized carbons (Fsp3) is 0.450. The molecular formula is C20H19F3N4O2. The molecule has 0 radical (unpaired) electrons. The maximum absolute atomic E-state index is 13.0. The summed E-state index contributed by atoms with van der Waals surface area (Å²) >= 11 is 0. The average molecular weight is 404 g/mol. The van der Waals surface area contributed by atoms with Crippen LogP contribution in [0.3, 0.4) is 0 Å². The lowest BCUT2D eigenvalue weighted by molar-refractivity contribution is -0.137. The fourth-order valence-corrected chi connectivity index (χ4v) is 4.45. The second kappa shape index (κ2) is 6.69. The summed E-state index contributed by atoms with van der Waals surface area (Å²) in [4.78, 5) is 4.38. The van der Waals surface area contributed by atoms with Crippen molar-refractivity contribution < 1.29 is 22.4 Å². The molecule has 1 fully saturated rings. The second-order valence-corrected chi connectivity index (χ2v) is 7.74. The van der Waals surface area contributed by atoms with Crippen LogP contribution in [-0.4, -0.2) is 33.1 Å². The first kappa shape index (κ1) is 18.4. The number of ether oxygens (including phenoxy) is 1. The molecule has 4 heterocycles. The summed E-state index contributed by atoms with van der Waals surface area (Å²) in [5, 5.41) is 8.42. The molecular weight excluding hydrogens is 385 g/mol. The molecule has 2 aliphatic heterocycles. The zero-order valence-corrected chi connectivity index (χ0v) is 15.7. The minimum Gasteiger partial charge on any atom is -0.381 e. The van der Waals surface area contributed by atoms with E-state index in [0.29, 0.717) is 18.4 Å². The Morgan fingerprint density at radius 2 is 2.10 bits per heavy atom. The molecule has 29 heavy (non-hydrogen) atoms. The lowest BCUT2D eigenvalue weighted by Crippen LogP contribution is -2.38. The molecule has 2 aromatic heterocycles. The summed E-state index contributed by atoms with van der Waals surface area (Å²) in [5.41, 5.74) is 1.31. The van der Waals surface area contributed by atoms with Crippen LogP contribution < -0.4 is 0 Å². The Bertz CT molecular complexity index is 1040. The van der Waals surface area contributed by atoms with Gasteiger partial charge >= 0.3 is 6.18 Å². The van der Waals surface area contributed by atoms with E-state index < -0.39 is 11.7 Å². The molecule has 6 nitrogen and oxygen atoms in total. The van der Waals surface area contributed by atoms with Crippen LogP contribution >= 0.6 is 0 Å². The molecule has 0 spiro atoms. The van der Waals surface area contributed by atoms with Crippen LogP contribution in [-0.2, 0) is 17.5 Å². The molecule has 1 saturated heterocycles. The first-order valence-electron chi connectivity index (χ1n) is 9.57. The van der Waals surface area contributed by atoms with Gasteiger partial charge in [-0.25, -0.2) is 0 Å². The first-order chi connectivity index (χ1) is 13.9. The van der Waals surface area contributed by atoms with E-state index in [2.05, 4.69) is 22.2 Å². The van der Waals surface area contributed by atoms with Gasteiger partial charge in [0.2, 0.25) is 5.82 Å². The van der Waals surface area contributed by atoms with E-state index >= 15 is 0 Å². The topological polar surface area (TPSA) is 66.0 Å². The van der Waals surface area contributed by atoms with Gasteiger partial charge in [-0.3, -0.25) is 4.68 Å². The van der Waals surface area contributed by atoms with Crippen LogP contribution in [0.4, 0.5) is 13.2 Å². The highest BCUT2D eigenvalue weighted by Crippen LogP contribution is 2.44. The minimum atomic E-state index is -4.43. The summed E-state index contributed by atoms with van der Waals surface area (Å²) in [6.45, 7) is 4.40. The highest BCUT2D eigenvalue weighted by molar-refractivity contribution is 5.62. The second-order valence-electron chi connectivity index (χ2n) is 7.74. The van der Waals surface area contributed by atoms with Crippen molar-refractivity contribution in [3.05, 3.63) is 41.7 Å². The van der Waals surface area contributed by atoms with Gasteiger partial charge in [0.15, 0.2) is 0 Å². The Morgan fingerprint density at radius 1 is 1.24 bits per heavy atom. The molecule has 1 aromatic carbocycles. The quantitative estimate of drug-likeness (QED) is 0.634. The van der Waals surface area contributed by atoms with Crippen molar-refractivity contribution in [1.82, 2.24) is 19.9 Å². The third-order valence-electron chi connectivity index (χ3n) is 5.93. The number of hydrogen-bond acceptors (Lipinski definition) is 5. The van der Waals surface area contributed by atoms with Crippen LogP contribution in [0, 0.1) is 11.8 Å². The van der Waals surface area contributed by atoms with Gasteiger partial charge < -0.3 is 9.26 Å². The number of alkyl halides is 3. The van der Waals surface area contributed by atoms with Gasteiger partial charge in [0, 0.05) is 24.6 Å². The lowest BCUT2D eigenvalue weighted by atomic mass is 9.75. The van der Waals surface area contributed by atoms with E-state index in [1.807, 2.05) is 4.68 Å². The first-order valence-corrected chi connectivity index (χ1v) is 9.57. The Balaban J connectivity index is 1.52. The molecule has 3 atom stereocenters. The number of hydrogen-bond donors (Lipinski definition) is 0. The average Bonchev–Trinajstić information content (AvgIpc) is 3.35. The summed E-state index contributed by atoms with van der Waals surface area (Å²) in [6.07, 6.45) is -1.83. The van der Waals surface area contributed by atoms with Crippen molar-refractivity contribution in [2.45, 2.75) is 32.0 Å². The predicted octanol–water partition coefficient (Wildman–Crippen LogP) is 4.39. The van der Waals surface area contributed by atoms with Gasteiger partial charge in [0.1, 0.15) is 0 Å². The Kier molecular flexibility index (Phi) is 4.23. The highest BCUT2D eigenvalue weighted by atomic mass is 19.4. The number of benzene rings is 1. The molecule has 3 aromatic rings. The van der Waals surface area contributed by atoms with E-state index in [-0.39, 0.29) is 23.2 Å². The number of nitrogens with zero attached hydrogens (tertiary/aromatic N) is 4. The van der Waals surface area contributed by atoms with Crippen molar-refractivity contribution in [2.75, 3.05) is 13.2 Å². The van der Waals surface area contributed by atoms with E-state index in [1.165, 1.54) is 12.1 Å². The van der Waals surface area contributed by atoms with Gasteiger partial charge in [0.05, 0.1) is 29.6 Å². The predicted molar refractivity (Wildman–Crippen MR) is 96.8 cm³/mol. The van der Waals surface area contributed by atoms with Gasteiger partial charge in [-0.1, -0.05) is 24.2 Å². The maximum atomic E-state index is 13.0. The third kappa shape index (κ3) is 3.13. The molecule has 0 saturated carbocycles. The van der Waals surface area contributed by atoms with Crippen LogP contribution in [0.2, 0.25) is 0 Å². The molecule has 0 bridgehead atoms. The molecule has 0 aliphatic carbocycles. The molecule has 0 amide bonds. The van der Waals surface area contributed by atoms with Crippen molar-refractivity contribution in [2.24, 2.45) is 11.8 Å². The fourth-order valence-electron chi connectivity index (χ4n) is 4.45. The molecule has 3 unspecified atom stereocenters. The number of aromatic nitrogens is 4. The Labute approximate surface area is 164 Å². The van der Waals surface area contributed by atoms with Gasteiger partial charge in [0.25, 0.3) is 5.89 Å². The monoisotopic (exact) mass is 404 g/mol.